The van der Waals surface area contributed by atoms with Gasteiger partial charge in [-0.05, 0) is 78.4 Å². The number of carbonyl (C=O) groups is 3. The first-order valence-corrected chi connectivity index (χ1v) is 13.4. The van der Waals surface area contributed by atoms with E-state index < -0.39 is 29.4 Å². The van der Waals surface area contributed by atoms with Crippen molar-refractivity contribution in [1.29, 1.82) is 0 Å². The van der Waals surface area contributed by atoms with Crippen LogP contribution in [-0.4, -0.2) is 35.1 Å². The van der Waals surface area contributed by atoms with Crippen LogP contribution in [0.3, 0.4) is 0 Å². The Bertz CT molecular complexity index is 1480. The predicted molar refractivity (Wildman–Crippen MR) is 151 cm³/mol. The predicted octanol–water partition coefficient (Wildman–Crippen LogP) is 7.44. The quantitative estimate of drug-likeness (QED) is 0.254. The highest BCUT2D eigenvalue weighted by atomic mass is 35.5. The zero-order valence-corrected chi connectivity index (χ0v) is 23.4. The van der Waals surface area contributed by atoms with Crippen molar-refractivity contribution >= 4 is 75.4 Å². The number of amides is 3. The van der Waals surface area contributed by atoms with Crippen LogP contribution in [0.5, 0.6) is 11.5 Å². The second kappa shape index (κ2) is 12.7. The third-order valence-electron chi connectivity index (χ3n) is 5.28. The molecule has 1 fully saturated rings. The summed E-state index contributed by atoms with van der Waals surface area (Å²) in [6, 6.07) is 13.6. The molecule has 0 aliphatic carbocycles. The largest absolute Gasteiger partial charge is 0.490 e. The summed E-state index contributed by atoms with van der Waals surface area (Å²) in [5.41, 5.74) is 1.46. The van der Waals surface area contributed by atoms with Gasteiger partial charge in [0.15, 0.2) is 11.5 Å². The molecule has 1 N–H and O–H groups in total. The molecule has 1 heterocycles. The van der Waals surface area contributed by atoms with Crippen LogP contribution in [0.25, 0.3) is 6.08 Å². The van der Waals surface area contributed by atoms with Gasteiger partial charge in [-0.15, -0.1) is 0 Å². The molecule has 3 aromatic carbocycles. The van der Waals surface area contributed by atoms with E-state index in [1.54, 1.807) is 37.3 Å². The minimum atomic E-state index is -0.645. The lowest BCUT2D eigenvalue weighted by molar-refractivity contribution is -0.127. The highest BCUT2D eigenvalue weighted by molar-refractivity contribution is 8.18. The molecule has 0 aromatic heterocycles. The molecule has 3 amide bonds. The summed E-state index contributed by atoms with van der Waals surface area (Å²) < 4.78 is 25.0. The van der Waals surface area contributed by atoms with Gasteiger partial charge in [0.2, 0.25) is 5.91 Å². The third kappa shape index (κ3) is 7.24. The summed E-state index contributed by atoms with van der Waals surface area (Å²) >= 11 is 19.2. The summed E-state index contributed by atoms with van der Waals surface area (Å²) in [5.74, 6) is -1.19. The molecule has 12 heteroatoms. The van der Waals surface area contributed by atoms with Gasteiger partial charge in [-0.2, -0.15) is 0 Å². The van der Waals surface area contributed by atoms with Crippen LogP contribution in [-0.2, 0) is 16.2 Å². The number of rotatable bonds is 9. The lowest BCUT2D eigenvalue weighted by Crippen LogP contribution is -2.36. The Morgan fingerprint density at radius 1 is 1.03 bits per heavy atom. The Morgan fingerprint density at radius 2 is 1.82 bits per heavy atom. The average molecular weight is 610 g/mol. The van der Waals surface area contributed by atoms with Crippen LogP contribution in [0.4, 0.5) is 14.9 Å². The van der Waals surface area contributed by atoms with E-state index in [0.717, 1.165) is 16.5 Å². The van der Waals surface area contributed by atoms with Crippen molar-refractivity contribution in [2.24, 2.45) is 0 Å². The van der Waals surface area contributed by atoms with Crippen LogP contribution in [0.1, 0.15) is 18.1 Å². The molecule has 0 radical (unpaired) electrons. The number of nitrogens with zero attached hydrogens (tertiary/aromatic N) is 1. The number of carbonyl (C=O) groups excluding carboxylic acids is 3. The topological polar surface area (TPSA) is 84.9 Å². The summed E-state index contributed by atoms with van der Waals surface area (Å²) in [6.45, 7) is 1.74. The minimum Gasteiger partial charge on any atom is -0.490 e. The SMILES string of the molecule is CCOc1cc(/C=C2/SC(=O)N(CC(=O)Nc3cccc(F)c3)C2=O)cc(Cl)c1OCc1ccc(Cl)c(Cl)c1. The summed E-state index contributed by atoms with van der Waals surface area (Å²) in [6.07, 6.45) is 1.48. The van der Waals surface area contributed by atoms with Crippen molar-refractivity contribution in [2.45, 2.75) is 13.5 Å². The molecule has 0 spiro atoms. The van der Waals surface area contributed by atoms with E-state index in [2.05, 4.69) is 5.32 Å². The zero-order chi connectivity index (χ0) is 28.1. The van der Waals surface area contributed by atoms with E-state index in [0.29, 0.717) is 45.5 Å². The number of hydrogen-bond acceptors (Lipinski definition) is 6. The highest BCUT2D eigenvalue weighted by Gasteiger charge is 2.36. The van der Waals surface area contributed by atoms with Gasteiger partial charge in [0.1, 0.15) is 19.0 Å². The van der Waals surface area contributed by atoms with E-state index in [1.165, 1.54) is 24.3 Å². The van der Waals surface area contributed by atoms with Gasteiger partial charge in [0.05, 0.1) is 26.6 Å². The van der Waals surface area contributed by atoms with Crippen LogP contribution < -0.4 is 14.8 Å². The zero-order valence-electron chi connectivity index (χ0n) is 20.3. The number of hydrogen-bond donors (Lipinski definition) is 1. The normalized spacial score (nSPS) is 14.2. The molecule has 1 aliphatic heterocycles. The van der Waals surface area contributed by atoms with E-state index >= 15 is 0 Å². The Kier molecular flexibility index (Phi) is 9.40. The maximum atomic E-state index is 13.4. The molecule has 0 saturated carbocycles. The summed E-state index contributed by atoms with van der Waals surface area (Å²) in [5, 5.41) is 2.89. The molecule has 202 valence electrons. The Labute approximate surface area is 242 Å². The van der Waals surface area contributed by atoms with Crippen LogP contribution >= 0.6 is 46.6 Å². The molecule has 1 aliphatic rings. The molecule has 0 atom stereocenters. The van der Waals surface area contributed by atoms with Crippen molar-refractivity contribution in [3.63, 3.8) is 0 Å². The van der Waals surface area contributed by atoms with Crippen molar-refractivity contribution in [3.8, 4) is 11.5 Å². The number of anilines is 1. The first-order chi connectivity index (χ1) is 18.6. The fraction of sp³-hybridized carbons (Fsp3) is 0.148. The second-order valence-electron chi connectivity index (χ2n) is 8.13. The molecule has 3 aromatic rings. The maximum absolute atomic E-state index is 13.4. The number of ether oxygens (including phenoxy) is 2. The Hall–Kier alpha value is -3.24. The summed E-state index contributed by atoms with van der Waals surface area (Å²) in [7, 11) is 0. The molecule has 39 heavy (non-hydrogen) atoms. The summed E-state index contributed by atoms with van der Waals surface area (Å²) in [4.78, 5) is 38.7. The number of benzene rings is 3. The minimum absolute atomic E-state index is 0.0987. The van der Waals surface area contributed by atoms with Gasteiger partial charge in [-0.3, -0.25) is 19.3 Å². The highest BCUT2D eigenvalue weighted by Crippen LogP contribution is 2.39. The van der Waals surface area contributed by atoms with Gasteiger partial charge >= 0.3 is 0 Å². The van der Waals surface area contributed by atoms with E-state index in [-0.39, 0.29) is 22.2 Å². The van der Waals surface area contributed by atoms with Crippen molar-refractivity contribution in [3.05, 3.63) is 91.5 Å². The number of nitrogens with one attached hydrogen (secondary N) is 1. The molecule has 1 saturated heterocycles. The third-order valence-corrected chi connectivity index (χ3v) is 7.21. The molecule has 0 unspecified atom stereocenters. The van der Waals surface area contributed by atoms with Crippen LogP contribution in [0, 0.1) is 5.82 Å². The fourth-order valence-corrected chi connectivity index (χ4v) is 4.99. The first kappa shape index (κ1) is 28.8. The van der Waals surface area contributed by atoms with Gasteiger partial charge in [-0.1, -0.05) is 46.9 Å². The Balaban J connectivity index is 1.49. The average Bonchev–Trinajstić information content (AvgIpc) is 3.13. The molecular formula is C27H20Cl3FN2O5S. The number of thioether (sulfide) groups is 1. The van der Waals surface area contributed by atoms with E-state index in [9.17, 15) is 18.8 Å². The number of imide groups is 1. The maximum Gasteiger partial charge on any atom is 0.294 e. The molecular weight excluding hydrogens is 590 g/mol. The lowest BCUT2D eigenvalue weighted by atomic mass is 10.1. The Morgan fingerprint density at radius 3 is 2.54 bits per heavy atom. The van der Waals surface area contributed by atoms with Crippen LogP contribution in [0.2, 0.25) is 15.1 Å². The van der Waals surface area contributed by atoms with E-state index in [1.807, 2.05) is 0 Å². The van der Waals surface area contributed by atoms with Gasteiger partial charge < -0.3 is 14.8 Å². The number of halogens is 4. The van der Waals surface area contributed by atoms with Crippen molar-refractivity contribution in [1.82, 2.24) is 4.90 Å². The van der Waals surface area contributed by atoms with Crippen LogP contribution in [0.15, 0.2) is 59.5 Å². The van der Waals surface area contributed by atoms with Gasteiger partial charge in [-0.25, -0.2) is 4.39 Å². The standard InChI is InChI=1S/C27H20Cl3FN2O5S/c1-2-37-22-10-16(9-21(30)25(22)38-14-15-6-7-19(28)20(29)8-15)11-23-26(35)33(27(36)39-23)13-24(34)32-18-5-3-4-17(31)12-18/h3-12H,2,13-14H2,1H3,(H,32,34)/b23-11+. The van der Waals surface area contributed by atoms with Crippen molar-refractivity contribution < 1.29 is 28.2 Å². The first-order valence-electron chi connectivity index (χ1n) is 11.5. The van der Waals surface area contributed by atoms with Gasteiger partial charge in [0.25, 0.3) is 11.1 Å². The second-order valence-corrected chi connectivity index (χ2v) is 10.3. The van der Waals surface area contributed by atoms with E-state index in [4.69, 9.17) is 44.3 Å². The smallest absolute Gasteiger partial charge is 0.294 e. The van der Waals surface area contributed by atoms with Gasteiger partial charge in [0, 0.05) is 5.69 Å². The fourth-order valence-electron chi connectivity index (χ4n) is 3.56. The molecule has 7 nitrogen and oxygen atoms in total. The molecule has 0 bridgehead atoms. The molecule has 4 rings (SSSR count). The monoisotopic (exact) mass is 608 g/mol. The lowest BCUT2D eigenvalue weighted by Gasteiger charge is -2.15. The van der Waals surface area contributed by atoms with Crippen molar-refractivity contribution in [2.75, 3.05) is 18.5 Å².